The number of carboxylic acid groups (broad SMARTS) is 1. The van der Waals surface area contributed by atoms with Crippen molar-refractivity contribution in [1.82, 2.24) is 0 Å². The largest absolute Gasteiger partial charge is 0.478 e. The zero-order valence-electron chi connectivity index (χ0n) is 9.65. The van der Waals surface area contributed by atoms with Crippen molar-refractivity contribution >= 4 is 17.7 Å². The standard InChI is InChI=1S/C10H12O2S.C2H6/c1-7(2)13-9-6-4-3-5-8(9)10(11)12;1-2/h3-7H,1-2H3,(H,11,12);1-2H3. The number of aromatic carboxylic acids is 1. The Morgan fingerprint density at radius 2 is 1.80 bits per heavy atom. The summed E-state index contributed by atoms with van der Waals surface area (Å²) in [6.07, 6.45) is 0. The van der Waals surface area contributed by atoms with Crippen molar-refractivity contribution < 1.29 is 9.90 Å². The quantitative estimate of drug-likeness (QED) is 0.794. The molecule has 15 heavy (non-hydrogen) atoms. The second kappa shape index (κ2) is 7.35. The van der Waals surface area contributed by atoms with Gasteiger partial charge in [-0.3, -0.25) is 0 Å². The molecule has 0 fully saturated rings. The first-order chi connectivity index (χ1) is 7.11. The monoisotopic (exact) mass is 226 g/mol. The summed E-state index contributed by atoms with van der Waals surface area (Å²) in [6.45, 7) is 8.09. The molecule has 1 aromatic rings. The minimum atomic E-state index is -0.858. The topological polar surface area (TPSA) is 37.3 Å². The molecule has 0 unspecified atom stereocenters. The fourth-order valence-corrected chi connectivity index (χ4v) is 1.95. The second-order valence-electron chi connectivity index (χ2n) is 2.97. The maximum absolute atomic E-state index is 10.8. The number of benzene rings is 1. The van der Waals surface area contributed by atoms with Crippen LogP contribution in [-0.4, -0.2) is 16.3 Å². The van der Waals surface area contributed by atoms with Gasteiger partial charge in [0, 0.05) is 10.1 Å². The smallest absolute Gasteiger partial charge is 0.336 e. The van der Waals surface area contributed by atoms with E-state index >= 15 is 0 Å². The molecule has 0 atom stereocenters. The van der Waals surface area contributed by atoms with Gasteiger partial charge in [0.2, 0.25) is 0 Å². The highest BCUT2D eigenvalue weighted by atomic mass is 32.2. The first-order valence-electron chi connectivity index (χ1n) is 5.10. The second-order valence-corrected chi connectivity index (χ2v) is 4.59. The Labute approximate surface area is 95.7 Å². The van der Waals surface area contributed by atoms with Crippen molar-refractivity contribution in [2.75, 3.05) is 0 Å². The highest BCUT2D eigenvalue weighted by Crippen LogP contribution is 2.26. The molecule has 0 amide bonds. The molecule has 84 valence electrons. The van der Waals surface area contributed by atoms with Crippen LogP contribution >= 0.6 is 11.8 Å². The highest BCUT2D eigenvalue weighted by Gasteiger charge is 2.09. The molecule has 0 spiro atoms. The molecule has 0 bridgehead atoms. The zero-order valence-corrected chi connectivity index (χ0v) is 10.5. The molecule has 0 saturated heterocycles. The van der Waals surface area contributed by atoms with Crippen molar-refractivity contribution in [1.29, 1.82) is 0 Å². The molecule has 1 rings (SSSR count). The predicted molar refractivity (Wildman–Crippen MR) is 65.7 cm³/mol. The van der Waals surface area contributed by atoms with E-state index in [1.54, 1.807) is 23.9 Å². The van der Waals surface area contributed by atoms with E-state index < -0.39 is 5.97 Å². The molecule has 0 aromatic heterocycles. The molecule has 0 aliphatic carbocycles. The Morgan fingerprint density at radius 3 is 2.27 bits per heavy atom. The zero-order chi connectivity index (χ0) is 11.8. The van der Waals surface area contributed by atoms with Gasteiger partial charge < -0.3 is 5.11 Å². The number of hydrogen-bond acceptors (Lipinski definition) is 2. The Morgan fingerprint density at radius 1 is 1.27 bits per heavy atom. The molecule has 0 heterocycles. The van der Waals surface area contributed by atoms with Gasteiger partial charge in [-0.05, 0) is 12.1 Å². The molecule has 2 nitrogen and oxygen atoms in total. The van der Waals surface area contributed by atoms with Crippen LogP contribution in [0.2, 0.25) is 0 Å². The van der Waals surface area contributed by atoms with Crippen LogP contribution in [0.1, 0.15) is 38.1 Å². The van der Waals surface area contributed by atoms with E-state index in [0.29, 0.717) is 10.8 Å². The van der Waals surface area contributed by atoms with E-state index in [1.165, 1.54) is 0 Å². The number of carboxylic acids is 1. The van der Waals surface area contributed by atoms with Gasteiger partial charge in [0.1, 0.15) is 0 Å². The highest BCUT2D eigenvalue weighted by molar-refractivity contribution is 8.00. The van der Waals surface area contributed by atoms with Gasteiger partial charge in [0.25, 0.3) is 0 Å². The van der Waals surface area contributed by atoms with Crippen LogP contribution in [0, 0.1) is 0 Å². The lowest BCUT2D eigenvalue weighted by Crippen LogP contribution is -1.99. The van der Waals surface area contributed by atoms with E-state index in [-0.39, 0.29) is 0 Å². The van der Waals surface area contributed by atoms with Gasteiger partial charge in [0.05, 0.1) is 5.56 Å². The third-order valence-electron chi connectivity index (χ3n) is 1.48. The SMILES string of the molecule is CC.CC(C)Sc1ccccc1C(=O)O. The predicted octanol–water partition coefficient (Wildman–Crippen LogP) is 3.91. The summed E-state index contributed by atoms with van der Waals surface area (Å²) in [5, 5.41) is 9.27. The van der Waals surface area contributed by atoms with Gasteiger partial charge in [0.15, 0.2) is 0 Å². The molecule has 3 heteroatoms. The lowest BCUT2D eigenvalue weighted by atomic mass is 10.2. The van der Waals surface area contributed by atoms with E-state index in [1.807, 2.05) is 39.8 Å². The van der Waals surface area contributed by atoms with Gasteiger partial charge in [-0.2, -0.15) is 0 Å². The summed E-state index contributed by atoms with van der Waals surface area (Å²) in [7, 11) is 0. The van der Waals surface area contributed by atoms with Crippen LogP contribution in [0.15, 0.2) is 29.2 Å². The molecule has 0 aliphatic rings. The Balaban J connectivity index is 0.000000921. The minimum Gasteiger partial charge on any atom is -0.478 e. The Kier molecular flexibility index (Phi) is 6.88. The first-order valence-corrected chi connectivity index (χ1v) is 5.98. The van der Waals surface area contributed by atoms with Crippen LogP contribution < -0.4 is 0 Å². The van der Waals surface area contributed by atoms with Crippen molar-refractivity contribution in [3.8, 4) is 0 Å². The average molecular weight is 226 g/mol. The van der Waals surface area contributed by atoms with Crippen LogP contribution in [0.5, 0.6) is 0 Å². The van der Waals surface area contributed by atoms with Gasteiger partial charge in [-0.15, -0.1) is 11.8 Å². The Hall–Kier alpha value is -0.960. The van der Waals surface area contributed by atoms with Gasteiger partial charge >= 0.3 is 5.97 Å². The van der Waals surface area contributed by atoms with Gasteiger partial charge in [-0.25, -0.2) is 4.79 Å². The molecular formula is C12H18O2S. The first kappa shape index (κ1) is 14.0. The lowest BCUT2D eigenvalue weighted by Gasteiger charge is -2.07. The van der Waals surface area contributed by atoms with Crippen molar-refractivity contribution in [3.63, 3.8) is 0 Å². The van der Waals surface area contributed by atoms with E-state index in [9.17, 15) is 4.79 Å². The summed E-state index contributed by atoms with van der Waals surface area (Å²) in [6, 6.07) is 7.08. The minimum absolute atomic E-state index is 0.390. The van der Waals surface area contributed by atoms with Gasteiger partial charge in [-0.1, -0.05) is 39.8 Å². The molecule has 1 N–H and O–H groups in total. The fourth-order valence-electron chi connectivity index (χ4n) is 1.00. The fraction of sp³-hybridized carbons (Fsp3) is 0.417. The van der Waals surface area contributed by atoms with Crippen molar-refractivity contribution in [3.05, 3.63) is 29.8 Å². The molecular weight excluding hydrogens is 208 g/mol. The van der Waals surface area contributed by atoms with Crippen LogP contribution in [-0.2, 0) is 0 Å². The van der Waals surface area contributed by atoms with E-state index in [2.05, 4.69) is 0 Å². The summed E-state index contributed by atoms with van der Waals surface area (Å²) < 4.78 is 0. The number of hydrogen-bond donors (Lipinski definition) is 1. The van der Waals surface area contributed by atoms with E-state index in [4.69, 9.17) is 5.11 Å². The third kappa shape index (κ3) is 4.88. The Bertz CT molecular complexity index is 308. The number of carbonyl (C=O) groups is 1. The third-order valence-corrected chi connectivity index (χ3v) is 2.56. The summed E-state index contributed by atoms with van der Waals surface area (Å²) in [5.41, 5.74) is 0.390. The van der Waals surface area contributed by atoms with Crippen molar-refractivity contribution in [2.24, 2.45) is 0 Å². The maximum Gasteiger partial charge on any atom is 0.336 e. The molecule has 1 aromatic carbocycles. The maximum atomic E-state index is 10.8. The number of rotatable bonds is 3. The van der Waals surface area contributed by atoms with Crippen LogP contribution in [0.25, 0.3) is 0 Å². The van der Waals surface area contributed by atoms with Crippen molar-refractivity contribution in [2.45, 2.75) is 37.8 Å². The summed E-state index contributed by atoms with van der Waals surface area (Å²) in [4.78, 5) is 11.6. The lowest BCUT2D eigenvalue weighted by molar-refractivity contribution is 0.0693. The summed E-state index contributed by atoms with van der Waals surface area (Å²) in [5.74, 6) is -0.858. The molecule has 0 aliphatic heterocycles. The van der Waals surface area contributed by atoms with E-state index in [0.717, 1.165) is 4.90 Å². The number of thioether (sulfide) groups is 1. The van der Waals surface area contributed by atoms with Crippen LogP contribution in [0.4, 0.5) is 0 Å². The normalized spacial score (nSPS) is 9.40. The average Bonchev–Trinajstić information content (AvgIpc) is 2.20. The molecule has 0 radical (unpaired) electrons. The molecule has 0 saturated carbocycles. The summed E-state index contributed by atoms with van der Waals surface area (Å²) >= 11 is 1.57. The van der Waals surface area contributed by atoms with Crippen LogP contribution in [0.3, 0.4) is 0 Å².